The van der Waals surface area contributed by atoms with Gasteiger partial charge in [-0.3, -0.25) is 9.68 Å². The van der Waals surface area contributed by atoms with Crippen molar-refractivity contribution in [2.45, 2.75) is 169 Å². The minimum atomic E-state index is -0.472. The van der Waals surface area contributed by atoms with E-state index in [-0.39, 0.29) is 28.6 Å². The SMILES string of the molecule is CCC(C)(C)C(=O)OC1(C)CC2CCC1C2.CCC(C)(C)C(=O)OOC(C)(C1CCCCC1)C1CCCCC1. The number of hydrogen-bond acceptors (Lipinski definition) is 5. The van der Waals surface area contributed by atoms with Crippen molar-refractivity contribution in [2.75, 3.05) is 0 Å². The quantitative estimate of drug-likeness (QED) is 0.163. The average molecular weight is 549 g/mol. The summed E-state index contributed by atoms with van der Waals surface area (Å²) >= 11 is 0. The number of ether oxygens (including phenoxy) is 1. The van der Waals surface area contributed by atoms with Crippen LogP contribution in [0.15, 0.2) is 0 Å². The van der Waals surface area contributed by atoms with Crippen LogP contribution in [0.2, 0.25) is 0 Å². The zero-order valence-corrected chi connectivity index (χ0v) is 26.7. The number of rotatable bonds is 9. The summed E-state index contributed by atoms with van der Waals surface area (Å²) in [5.74, 6) is 2.25. The molecule has 226 valence electrons. The lowest BCUT2D eigenvalue weighted by Gasteiger charge is -2.45. The minimum Gasteiger partial charge on any atom is -0.459 e. The van der Waals surface area contributed by atoms with Gasteiger partial charge in [-0.1, -0.05) is 52.4 Å². The maximum absolute atomic E-state index is 12.4. The fraction of sp³-hybridized carbons (Fsp3) is 0.941. The summed E-state index contributed by atoms with van der Waals surface area (Å²) in [6.07, 6.45) is 19.2. The molecule has 4 saturated carbocycles. The lowest BCUT2D eigenvalue weighted by atomic mass is 9.67. The van der Waals surface area contributed by atoms with Crippen molar-refractivity contribution in [1.29, 1.82) is 0 Å². The van der Waals surface area contributed by atoms with Gasteiger partial charge in [0.15, 0.2) is 0 Å². The molecule has 0 aromatic rings. The Morgan fingerprint density at radius 2 is 1.21 bits per heavy atom. The van der Waals surface area contributed by atoms with Gasteiger partial charge in [0.05, 0.1) is 10.8 Å². The van der Waals surface area contributed by atoms with Gasteiger partial charge in [-0.15, -0.1) is 0 Å². The van der Waals surface area contributed by atoms with Crippen LogP contribution in [0.4, 0.5) is 0 Å². The molecule has 0 aromatic heterocycles. The van der Waals surface area contributed by atoms with E-state index in [2.05, 4.69) is 13.8 Å². The zero-order valence-electron chi connectivity index (χ0n) is 26.7. The van der Waals surface area contributed by atoms with Crippen LogP contribution in [0.25, 0.3) is 0 Å². The van der Waals surface area contributed by atoms with Crippen LogP contribution >= 0.6 is 0 Å². The Morgan fingerprint density at radius 1 is 0.718 bits per heavy atom. The second-order valence-corrected chi connectivity index (χ2v) is 15.1. The number of fused-ring (bicyclic) bond motifs is 2. The smallest absolute Gasteiger partial charge is 0.347 e. The van der Waals surface area contributed by atoms with Crippen LogP contribution in [-0.2, 0) is 24.1 Å². The number of esters is 1. The Balaban J connectivity index is 0.000000230. The first-order valence-electron chi connectivity index (χ1n) is 16.4. The molecule has 0 aliphatic heterocycles. The van der Waals surface area contributed by atoms with Crippen molar-refractivity contribution in [1.82, 2.24) is 0 Å². The first-order chi connectivity index (χ1) is 18.3. The fourth-order valence-electron chi connectivity index (χ4n) is 7.38. The minimum absolute atomic E-state index is 0.00921. The molecule has 4 aliphatic carbocycles. The summed E-state index contributed by atoms with van der Waals surface area (Å²) in [5.41, 5.74) is -1.27. The van der Waals surface area contributed by atoms with Crippen molar-refractivity contribution in [3.05, 3.63) is 0 Å². The highest BCUT2D eigenvalue weighted by atomic mass is 17.2. The number of carbonyl (C=O) groups is 2. The molecule has 5 nitrogen and oxygen atoms in total. The van der Waals surface area contributed by atoms with E-state index in [1.165, 1.54) is 83.5 Å². The van der Waals surface area contributed by atoms with Crippen molar-refractivity contribution in [3.8, 4) is 0 Å². The van der Waals surface area contributed by atoms with Crippen molar-refractivity contribution >= 4 is 11.9 Å². The molecular formula is C34H60O5. The van der Waals surface area contributed by atoms with Gasteiger partial charge < -0.3 is 4.74 Å². The molecule has 0 spiro atoms. The summed E-state index contributed by atoms with van der Waals surface area (Å²) in [4.78, 5) is 35.9. The van der Waals surface area contributed by atoms with Crippen LogP contribution in [-0.4, -0.2) is 23.1 Å². The first kappa shape index (κ1) is 32.4. The standard InChI is InChI=1S/C20H36O3.C14H24O2/c1-5-19(2,3)18(21)22-23-20(4,16-12-8-6-9-13-16)17-14-10-7-11-15-17;1-5-13(2,3)12(15)16-14(4)9-10-6-7-11(14)8-10/h16-17H,5-15H2,1-4H3;10-11H,5-9H2,1-4H3. The third-order valence-electron chi connectivity index (χ3n) is 11.4. The number of carbonyl (C=O) groups excluding carboxylic acids is 2. The lowest BCUT2D eigenvalue weighted by molar-refractivity contribution is -0.361. The van der Waals surface area contributed by atoms with E-state index in [4.69, 9.17) is 14.5 Å². The normalized spacial score (nSPS) is 28.5. The van der Waals surface area contributed by atoms with E-state index < -0.39 is 5.41 Å². The molecule has 39 heavy (non-hydrogen) atoms. The summed E-state index contributed by atoms with van der Waals surface area (Å²) in [5, 5.41) is 0. The van der Waals surface area contributed by atoms with Crippen LogP contribution in [0.5, 0.6) is 0 Å². The monoisotopic (exact) mass is 548 g/mol. The van der Waals surface area contributed by atoms with Crippen molar-refractivity contribution in [2.24, 2.45) is 34.5 Å². The molecule has 0 saturated heterocycles. The van der Waals surface area contributed by atoms with Gasteiger partial charge in [-0.05, 0) is 129 Å². The zero-order chi connectivity index (χ0) is 28.9. The van der Waals surface area contributed by atoms with Gasteiger partial charge in [0.1, 0.15) is 11.2 Å². The fourth-order valence-corrected chi connectivity index (χ4v) is 7.38. The summed E-state index contributed by atoms with van der Waals surface area (Å²) in [6, 6.07) is 0. The third kappa shape index (κ3) is 7.80. The second-order valence-electron chi connectivity index (χ2n) is 15.1. The van der Waals surface area contributed by atoms with Gasteiger partial charge in [-0.25, -0.2) is 4.79 Å². The molecule has 0 radical (unpaired) electrons. The Bertz CT molecular complexity index is 786. The molecule has 0 aromatic carbocycles. The van der Waals surface area contributed by atoms with Crippen molar-refractivity contribution in [3.63, 3.8) is 0 Å². The molecule has 0 heterocycles. The Kier molecular flexibility index (Phi) is 11.0. The van der Waals surface area contributed by atoms with Gasteiger partial charge in [-0.2, -0.15) is 4.89 Å². The van der Waals surface area contributed by atoms with E-state index in [0.717, 1.165) is 25.2 Å². The molecule has 5 heteroatoms. The number of hydrogen-bond donors (Lipinski definition) is 0. The highest BCUT2D eigenvalue weighted by molar-refractivity contribution is 5.76. The Labute approximate surface area is 239 Å². The molecule has 4 aliphatic rings. The van der Waals surface area contributed by atoms with Crippen LogP contribution in [0, 0.1) is 34.5 Å². The third-order valence-corrected chi connectivity index (χ3v) is 11.4. The van der Waals surface area contributed by atoms with Gasteiger partial charge >= 0.3 is 11.9 Å². The van der Waals surface area contributed by atoms with Crippen LogP contribution in [0.3, 0.4) is 0 Å². The maximum atomic E-state index is 12.4. The first-order valence-corrected chi connectivity index (χ1v) is 16.4. The maximum Gasteiger partial charge on any atom is 0.347 e. The molecular weight excluding hydrogens is 488 g/mol. The molecule has 3 unspecified atom stereocenters. The van der Waals surface area contributed by atoms with Gasteiger partial charge in [0.25, 0.3) is 0 Å². The topological polar surface area (TPSA) is 61.8 Å². The predicted molar refractivity (Wildman–Crippen MR) is 157 cm³/mol. The molecule has 4 rings (SSSR count). The molecule has 2 bridgehead atoms. The van der Waals surface area contributed by atoms with Gasteiger partial charge in [0, 0.05) is 0 Å². The second kappa shape index (κ2) is 13.3. The largest absolute Gasteiger partial charge is 0.459 e. The highest BCUT2D eigenvalue weighted by Gasteiger charge is 2.51. The summed E-state index contributed by atoms with van der Waals surface area (Å²) in [7, 11) is 0. The summed E-state index contributed by atoms with van der Waals surface area (Å²) in [6.45, 7) is 16.2. The van der Waals surface area contributed by atoms with E-state index in [9.17, 15) is 9.59 Å². The molecule has 4 fully saturated rings. The van der Waals surface area contributed by atoms with E-state index >= 15 is 0 Å². The van der Waals surface area contributed by atoms with Crippen molar-refractivity contribution < 1.29 is 24.1 Å². The highest BCUT2D eigenvalue weighted by Crippen LogP contribution is 2.53. The van der Waals surface area contributed by atoms with Crippen LogP contribution < -0.4 is 0 Å². The molecule has 0 amide bonds. The summed E-state index contributed by atoms with van der Waals surface area (Å²) < 4.78 is 5.85. The molecule has 3 atom stereocenters. The Hall–Kier alpha value is -1.10. The van der Waals surface area contributed by atoms with Gasteiger partial charge in [0.2, 0.25) is 0 Å². The van der Waals surface area contributed by atoms with Crippen LogP contribution in [0.1, 0.15) is 158 Å². The Morgan fingerprint density at radius 3 is 1.62 bits per heavy atom. The van der Waals surface area contributed by atoms with E-state index in [1.807, 2.05) is 41.5 Å². The van der Waals surface area contributed by atoms with E-state index in [0.29, 0.717) is 17.8 Å². The predicted octanol–water partition coefficient (Wildman–Crippen LogP) is 9.36. The van der Waals surface area contributed by atoms with E-state index in [1.54, 1.807) is 0 Å². The molecule has 0 N–H and O–H groups in total. The average Bonchev–Trinajstić information content (AvgIpc) is 3.53. The lowest BCUT2D eigenvalue weighted by Crippen LogP contribution is -2.47.